The fraction of sp³-hybridized carbons (Fsp3) is 0. The van der Waals surface area contributed by atoms with Crippen LogP contribution in [-0.2, 0) is 20.2 Å². The maximum absolute atomic E-state index is 9.09. The van der Waals surface area contributed by atoms with Gasteiger partial charge in [-0.15, -0.1) is 0 Å². The van der Waals surface area contributed by atoms with Crippen molar-refractivity contribution in [3.05, 3.63) is 0 Å². The van der Waals surface area contributed by atoms with E-state index in [1.807, 2.05) is 0 Å². The molecule has 1 N–H and O–H groups in total. The van der Waals surface area contributed by atoms with Crippen LogP contribution in [-0.4, -0.2) is 52.6 Å². The van der Waals surface area contributed by atoms with Gasteiger partial charge in [0.15, 0.2) is 0 Å². The molecule has 0 aromatic heterocycles. The minimum atomic E-state index is -2.95. The van der Waals surface area contributed by atoms with Crippen molar-refractivity contribution in [3.63, 3.8) is 0 Å². The standard InChI is InChI=1S/4Na.H2O4S2.H2O.H/c;;;;1-5(2)6(3)4;;/h;;;;(H,1,2)(H,3,4);1H2;/q;3*+1;;;/p-3. The van der Waals surface area contributed by atoms with Gasteiger partial charge in [0.1, 0.15) is 0 Å². The molecule has 5 nitrogen and oxygen atoms in total. The van der Waals surface area contributed by atoms with Gasteiger partial charge in [0.05, 0.1) is 0 Å². The van der Waals surface area contributed by atoms with Crippen molar-refractivity contribution in [1.82, 2.24) is 0 Å². The molecule has 0 aromatic rings. The Morgan fingerprint density at radius 1 is 0.818 bits per heavy atom. The summed E-state index contributed by atoms with van der Waals surface area (Å²) in [6, 6.07) is 0. The van der Waals surface area contributed by atoms with Gasteiger partial charge in [0.25, 0.3) is 0 Å². The van der Waals surface area contributed by atoms with Gasteiger partial charge in [0.2, 0.25) is 0 Å². The summed E-state index contributed by atoms with van der Waals surface area (Å²) in [5, 5.41) is 0. The summed E-state index contributed by atoms with van der Waals surface area (Å²) in [6.45, 7) is 0. The fourth-order valence-electron chi connectivity index (χ4n) is 0. The molecule has 0 rings (SSSR count). The summed E-state index contributed by atoms with van der Waals surface area (Å²) in [6.07, 6.45) is 0. The monoisotopic (exact) mass is 238 g/mol. The third kappa shape index (κ3) is 31.4. The Kier molecular flexibility index (Phi) is 78.3. The third-order valence-corrected chi connectivity index (χ3v) is 1.00. The molecule has 0 heterocycles. The van der Waals surface area contributed by atoms with E-state index in [2.05, 4.69) is 0 Å². The van der Waals surface area contributed by atoms with Gasteiger partial charge in [-0.3, -0.25) is 8.42 Å². The molecule has 0 bridgehead atoms. The predicted molar refractivity (Wildman–Crippen MR) is 26.9 cm³/mol. The van der Waals surface area contributed by atoms with Crippen LogP contribution in [0.5, 0.6) is 0 Å². The molecule has 0 saturated carbocycles. The third-order valence-electron chi connectivity index (χ3n) is 0.111. The second-order valence-electron chi connectivity index (χ2n) is 0.408. The molecular weight excluding hydrogens is 236 g/mol. The Labute approximate surface area is 158 Å². The van der Waals surface area contributed by atoms with E-state index in [0.717, 1.165) is 0 Å². The first kappa shape index (κ1) is 36.2. The van der Waals surface area contributed by atoms with Crippen LogP contribution in [0, 0.1) is 0 Å². The minimum Gasteiger partial charge on any atom is -0.870 e. The molecule has 0 spiro atoms. The van der Waals surface area contributed by atoms with E-state index in [1.54, 1.807) is 0 Å². The Balaban J connectivity index is -0.0000000125. The Morgan fingerprint density at radius 3 is 0.909 bits per heavy atom. The van der Waals surface area contributed by atoms with Crippen molar-refractivity contribution in [1.29, 1.82) is 0 Å². The second kappa shape index (κ2) is 23.8. The first-order valence-electron chi connectivity index (χ1n) is 0.833. The SMILES string of the molecule is O=S([O-])S(=O)[O-].[Na+].[Na+].[Na+].[NaH].[OH-]. The zero-order valence-corrected chi connectivity index (χ0v) is 13.5. The summed E-state index contributed by atoms with van der Waals surface area (Å²) in [4.78, 5) is 0. The predicted octanol–water partition coefficient (Wildman–Crippen LogP) is -11.2. The summed E-state index contributed by atoms with van der Waals surface area (Å²) in [5.41, 5.74) is 0. The van der Waals surface area contributed by atoms with Gasteiger partial charge < -0.3 is 14.6 Å². The van der Waals surface area contributed by atoms with Crippen LogP contribution in [0.1, 0.15) is 0 Å². The zero-order chi connectivity index (χ0) is 5.15. The zero-order valence-electron chi connectivity index (χ0n) is 5.90. The molecule has 0 saturated heterocycles. The van der Waals surface area contributed by atoms with Gasteiger partial charge in [0, 0.05) is 20.2 Å². The van der Waals surface area contributed by atoms with Crippen molar-refractivity contribution in [3.8, 4) is 0 Å². The van der Waals surface area contributed by atoms with Gasteiger partial charge in [-0.1, -0.05) is 0 Å². The molecule has 2 unspecified atom stereocenters. The molecular formula is H2Na4O5S2. The van der Waals surface area contributed by atoms with Crippen molar-refractivity contribution in [2.75, 3.05) is 0 Å². The van der Waals surface area contributed by atoms with Crippen LogP contribution in [0.15, 0.2) is 0 Å². The van der Waals surface area contributed by atoms with E-state index in [0.29, 0.717) is 0 Å². The van der Waals surface area contributed by atoms with Crippen molar-refractivity contribution in [2.24, 2.45) is 0 Å². The van der Waals surface area contributed by atoms with E-state index in [9.17, 15) is 0 Å². The second-order valence-corrected chi connectivity index (χ2v) is 2.86. The molecule has 0 aliphatic carbocycles. The van der Waals surface area contributed by atoms with Gasteiger partial charge in [-0.25, -0.2) is 0 Å². The van der Waals surface area contributed by atoms with Crippen LogP contribution in [0.3, 0.4) is 0 Å². The maximum atomic E-state index is 9.09. The molecule has 0 radical (unpaired) electrons. The molecule has 11 heavy (non-hydrogen) atoms. The van der Waals surface area contributed by atoms with Crippen molar-refractivity contribution >= 4 is 49.8 Å². The molecule has 0 aliphatic rings. The average Bonchev–Trinajstić information content (AvgIpc) is 1.36. The first-order valence-corrected chi connectivity index (χ1v) is 3.50. The van der Waals surface area contributed by atoms with E-state index in [-0.39, 0.29) is 124 Å². The summed E-state index contributed by atoms with van der Waals surface area (Å²) < 4.78 is 36.3. The van der Waals surface area contributed by atoms with Crippen LogP contribution in [0.25, 0.3) is 0 Å². The molecule has 0 amide bonds. The number of hydrogen-bond donors (Lipinski definition) is 0. The van der Waals surface area contributed by atoms with Crippen molar-refractivity contribution < 1.29 is 112 Å². The molecule has 2 atom stereocenters. The molecule has 0 fully saturated rings. The summed E-state index contributed by atoms with van der Waals surface area (Å²) in [7, 11) is -5.90. The van der Waals surface area contributed by atoms with Crippen LogP contribution >= 0.6 is 0 Å². The fourth-order valence-corrected chi connectivity index (χ4v) is 0. The van der Waals surface area contributed by atoms with Gasteiger partial charge in [-0.2, -0.15) is 0 Å². The number of hydrogen-bond acceptors (Lipinski definition) is 5. The minimum absolute atomic E-state index is 0. The first-order chi connectivity index (χ1) is 2.64. The normalized spacial score (nSPS) is 10.7. The van der Waals surface area contributed by atoms with Crippen LogP contribution in [0.4, 0.5) is 0 Å². The Bertz CT molecular complexity index is 82.5. The molecule has 48 valence electrons. The maximum Gasteiger partial charge on any atom is -0.870 e. The van der Waals surface area contributed by atoms with Crippen molar-refractivity contribution in [2.45, 2.75) is 0 Å². The number of rotatable bonds is 1. The Morgan fingerprint density at radius 2 is 0.909 bits per heavy atom. The summed E-state index contributed by atoms with van der Waals surface area (Å²) in [5.74, 6) is 0. The molecule has 0 aliphatic heterocycles. The van der Waals surface area contributed by atoms with E-state index in [4.69, 9.17) is 17.5 Å². The molecule has 0 aromatic carbocycles. The van der Waals surface area contributed by atoms with E-state index >= 15 is 0 Å². The Hall–Kier alpha value is 4.18. The molecule has 11 heteroatoms. The summed E-state index contributed by atoms with van der Waals surface area (Å²) >= 11 is 0. The van der Waals surface area contributed by atoms with E-state index in [1.165, 1.54) is 0 Å². The van der Waals surface area contributed by atoms with Crippen LogP contribution in [0.2, 0.25) is 0 Å². The average molecular weight is 238 g/mol. The van der Waals surface area contributed by atoms with Gasteiger partial charge in [-0.05, 0) is 0 Å². The quantitative estimate of drug-likeness (QED) is 0.256. The van der Waals surface area contributed by atoms with Crippen LogP contribution < -0.4 is 88.7 Å². The largest absolute Gasteiger partial charge is 0.870 e. The smallest absolute Gasteiger partial charge is 0.870 e. The topological polar surface area (TPSA) is 110 Å². The van der Waals surface area contributed by atoms with Gasteiger partial charge >= 0.3 is 118 Å². The van der Waals surface area contributed by atoms with E-state index < -0.39 is 20.2 Å².